The van der Waals surface area contributed by atoms with E-state index in [1.165, 1.54) is 32.4 Å². The highest BCUT2D eigenvalue weighted by Crippen LogP contribution is 2.33. The van der Waals surface area contributed by atoms with Crippen molar-refractivity contribution < 1.29 is 0 Å². The largest absolute Gasteiger partial charge is 0.375 e. The molecule has 0 atom stereocenters. The van der Waals surface area contributed by atoms with Gasteiger partial charge in [-0.3, -0.25) is 0 Å². The third-order valence-electron chi connectivity index (χ3n) is 4.17. The van der Waals surface area contributed by atoms with Crippen molar-refractivity contribution in [2.45, 2.75) is 39.5 Å². The number of hydrogen-bond acceptors (Lipinski definition) is 4. The van der Waals surface area contributed by atoms with Crippen molar-refractivity contribution in [1.29, 1.82) is 0 Å². The molecule has 0 spiro atoms. The van der Waals surface area contributed by atoms with Gasteiger partial charge in [0.1, 0.15) is 0 Å². The first-order valence-electron chi connectivity index (χ1n) is 6.53. The maximum Gasteiger partial charge on any atom is 0.180 e. The van der Waals surface area contributed by atoms with Crippen molar-refractivity contribution in [1.82, 2.24) is 9.88 Å². The van der Waals surface area contributed by atoms with Crippen LogP contribution in [0.25, 0.3) is 0 Å². The van der Waals surface area contributed by atoms with Crippen LogP contribution in [-0.4, -0.2) is 29.5 Å². The van der Waals surface area contributed by atoms with Gasteiger partial charge in [0.25, 0.3) is 0 Å². The van der Waals surface area contributed by atoms with E-state index < -0.39 is 0 Å². The van der Waals surface area contributed by atoms with E-state index in [2.05, 4.69) is 29.1 Å². The van der Waals surface area contributed by atoms with E-state index in [0.717, 1.165) is 18.7 Å². The molecule has 0 aromatic carbocycles. The first-order chi connectivity index (χ1) is 8.11. The quantitative estimate of drug-likeness (QED) is 0.897. The Morgan fingerprint density at radius 2 is 2.18 bits per heavy atom. The molecule has 1 aliphatic heterocycles. The van der Waals surface area contributed by atoms with Crippen LogP contribution in [0.5, 0.6) is 0 Å². The highest BCUT2D eigenvalue weighted by atomic mass is 32.1. The van der Waals surface area contributed by atoms with Crippen molar-refractivity contribution in [3.63, 3.8) is 0 Å². The number of nitrogens with zero attached hydrogens (tertiary/aromatic N) is 2. The van der Waals surface area contributed by atoms with Crippen LogP contribution in [0.4, 0.5) is 5.13 Å². The average Bonchev–Trinajstić information content (AvgIpc) is 2.75. The summed E-state index contributed by atoms with van der Waals surface area (Å²) in [5, 5.41) is 2.77. The minimum Gasteiger partial charge on any atom is -0.375 e. The number of piperidine rings is 1. The van der Waals surface area contributed by atoms with Crippen LogP contribution in [0.15, 0.2) is 5.38 Å². The lowest BCUT2D eigenvalue weighted by atomic mass is 9.78. The zero-order chi connectivity index (χ0) is 12.3. The van der Waals surface area contributed by atoms with Gasteiger partial charge in [-0.15, -0.1) is 11.3 Å². The summed E-state index contributed by atoms with van der Waals surface area (Å²) in [7, 11) is 0. The van der Waals surface area contributed by atoms with E-state index >= 15 is 0 Å². The maximum atomic E-state index is 5.63. The van der Waals surface area contributed by atoms with Crippen LogP contribution in [0.2, 0.25) is 0 Å². The summed E-state index contributed by atoms with van der Waals surface area (Å²) < 4.78 is 0. The number of likely N-dealkylation sites (tertiary alicyclic amines) is 1. The van der Waals surface area contributed by atoms with E-state index in [-0.39, 0.29) is 0 Å². The Bertz CT molecular complexity index is 353. The standard InChI is InChI=1S/C13H23N3S/c1-3-13(2)5-8-16(9-6-13)7-4-11-10-17-12(14)15-11/h10H,3-9H2,1-2H3,(H2,14,15). The van der Waals surface area contributed by atoms with Crippen LogP contribution in [0.1, 0.15) is 38.8 Å². The number of hydrogen-bond donors (Lipinski definition) is 1. The Morgan fingerprint density at radius 1 is 1.47 bits per heavy atom. The number of thiazole rings is 1. The van der Waals surface area contributed by atoms with Gasteiger partial charge < -0.3 is 10.6 Å². The second-order valence-electron chi connectivity index (χ2n) is 5.43. The van der Waals surface area contributed by atoms with Crippen molar-refractivity contribution in [3.8, 4) is 0 Å². The first-order valence-corrected chi connectivity index (χ1v) is 7.41. The Hall–Kier alpha value is -0.610. The Kier molecular flexibility index (Phi) is 4.05. The second-order valence-corrected chi connectivity index (χ2v) is 6.32. The predicted octanol–water partition coefficient (Wildman–Crippen LogP) is 2.78. The highest BCUT2D eigenvalue weighted by molar-refractivity contribution is 7.13. The van der Waals surface area contributed by atoms with Gasteiger partial charge in [-0.25, -0.2) is 4.98 Å². The van der Waals surface area contributed by atoms with Gasteiger partial charge in [0.05, 0.1) is 5.69 Å². The van der Waals surface area contributed by atoms with Crippen LogP contribution in [0.3, 0.4) is 0 Å². The van der Waals surface area contributed by atoms with Gasteiger partial charge in [0.2, 0.25) is 0 Å². The van der Waals surface area contributed by atoms with Crippen LogP contribution >= 0.6 is 11.3 Å². The summed E-state index contributed by atoms with van der Waals surface area (Å²) in [6, 6.07) is 0. The molecule has 3 nitrogen and oxygen atoms in total. The normalized spacial score (nSPS) is 20.6. The molecule has 2 N–H and O–H groups in total. The fourth-order valence-electron chi connectivity index (χ4n) is 2.38. The summed E-state index contributed by atoms with van der Waals surface area (Å²) in [5.41, 5.74) is 7.37. The number of anilines is 1. The third-order valence-corrected chi connectivity index (χ3v) is 4.89. The fourth-order valence-corrected chi connectivity index (χ4v) is 2.98. The van der Waals surface area contributed by atoms with Gasteiger partial charge in [-0.2, -0.15) is 0 Å². The molecule has 2 heterocycles. The smallest absolute Gasteiger partial charge is 0.180 e. The van der Waals surface area contributed by atoms with Crippen molar-refractivity contribution in [2.24, 2.45) is 5.41 Å². The van der Waals surface area contributed by atoms with Gasteiger partial charge in [-0.1, -0.05) is 20.3 Å². The molecule has 4 heteroatoms. The molecule has 0 bridgehead atoms. The lowest BCUT2D eigenvalue weighted by Crippen LogP contribution is -2.39. The SMILES string of the molecule is CCC1(C)CCN(CCc2csc(N)n2)CC1. The fraction of sp³-hybridized carbons (Fsp3) is 0.769. The summed E-state index contributed by atoms with van der Waals surface area (Å²) in [5.74, 6) is 0. The molecule has 0 radical (unpaired) electrons. The van der Waals surface area contributed by atoms with Crippen LogP contribution < -0.4 is 5.73 Å². The highest BCUT2D eigenvalue weighted by Gasteiger charge is 2.27. The van der Waals surface area contributed by atoms with Gasteiger partial charge in [-0.05, 0) is 31.3 Å². The molecule has 0 saturated carbocycles. The Labute approximate surface area is 108 Å². The Balaban J connectivity index is 1.75. The van der Waals surface area contributed by atoms with Crippen molar-refractivity contribution in [2.75, 3.05) is 25.4 Å². The van der Waals surface area contributed by atoms with E-state index in [4.69, 9.17) is 5.73 Å². The van der Waals surface area contributed by atoms with Crippen molar-refractivity contribution in [3.05, 3.63) is 11.1 Å². The van der Waals surface area contributed by atoms with Crippen LogP contribution in [0, 0.1) is 5.41 Å². The molecule has 96 valence electrons. The summed E-state index contributed by atoms with van der Waals surface area (Å²) in [6.45, 7) is 8.34. The molecule has 17 heavy (non-hydrogen) atoms. The zero-order valence-corrected chi connectivity index (χ0v) is 11.7. The van der Waals surface area contributed by atoms with Gasteiger partial charge >= 0.3 is 0 Å². The summed E-state index contributed by atoms with van der Waals surface area (Å²) in [4.78, 5) is 6.87. The molecule has 0 unspecified atom stereocenters. The van der Waals surface area contributed by atoms with E-state index in [0.29, 0.717) is 10.5 Å². The molecular formula is C13H23N3S. The topological polar surface area (TPSA) is 42.1 Å². The lowest BCUT2D eigenvalue weighted by molar-refractivity contribution is 0.115. The second kappa shape index (κ2) is 5.36. The van der Waals surface area contributed by atoms with E-state index in [9.17, 15) is 0 Å². The molecular weight excluding hydrogens is 230 g/mol. The molecule has 1 fully saturated rings. The molecule has 1 aromatic heterocycles. The Morgan fingerprint density at radius 3 is 2.71 bits per heavy atom. The van der Waals surface area contributed by atoms with E-state index in [1.807, 2.05) is 0 Å². The van der Waals surface area contributed by atoms with Gasteiger partial charge in [0.15, 0.2) is 5.13 Å². The third kappa shape index (κ3) is 3.42. The predicted molar refractivity (Wildman–Crippen MR) is 74.3 cm³/mol. The molecule has 1 aromatic rings. The summed E-state index contributed by atoms with van der Waals surface area (Å²) in [6.07, 6.45) is 5.02. The van der Waals surface area contributed by atoms with Crippen LogP contribution in [-0.2, 0) is 6.42 Å². The lowest BCUT2D eigenvalue weighted by Gasteiger charge is -2.38. The molecule has 0 aliphatic carbocycles. The minimum atomic E-state index is 0.585. The molecule has 1 saturated heterocycles. The number of nitrogens with two attached hydrogens (primary N) is 1. The van der Waals surface area contributed by atoms with E-state index in [1.54, 1.807) is 11.3 Å². The molecule has 2 rings (SSSR count). The maximum absolute atomic E-state index is 5.63. The average molecular weight is 253 g/mol. The van der Waals surface area contributed by atoms with Crippen molar-refractivity contribution >= 4 is 16.5 Å². The number of nitrogen functional groups attached to an aromatic ring is 1. The number of rotatable bonds is 4. The monoisotopic (exact) mass is 253 g/mol. The first kappa shape index (κ1) is 12.8. The van der Waals surface area contributed by atoms with Gasteiger partial charge in [0, 0.05) is 18.3 Å². The molecule has 0 amide bonds. The zero-order valence-electron chi connectivity index (χ0n) is 10.9. The molecule has 1 aliphatic rings. The minimum absolute atomic E-state index is 0.585. The summed E-state index contributed by atoms with van der Waals surface area (Å²) >= 11 is 1.54. The number of aromatic nitrogens is 1.